The van der Waals surface area contributed by atoms with Crippen molar-refractivity contribution in [3.05, 3.63) is 28.5 Å². The molecule has 1 aromatic rings. The Bertz CT molecular complexity index is 392. The number of carboxylic acid groups (broad SMARTS) is 1. The summed E-state index contributed by atoms with van der Waals surface area (Å²) in [5.41, 5.74) is 0.429. The maximum absolute atomic E-state index is 11.7. The minimum Gasteiger partial charge on any atom is -0.481 e. The smallest absolute Gasteiger partial charge is 0.304 e. The van der Waals surface area contributed by atoms with E-state index in [-0.39, 0.29) is 12.2 Å². The monoisotopic (exact) mass is 271 g/mol. The molecular weight excluding hydrogens is 262 g/mol. The average molecular weight is 272 g/mol. The molecule has 0 fully saturated rings. The van der Waals surface area contributed by atoms with Gasteiger partial charge in [-0.05, 0) is 22.0 Å². The van der Waals surface area contributed by atoms with Gasteiger partial charge in [0.25, 0.3) is 0 Å². The van der Waals surface area contributed by atoms with Gasteiger partial charge in [-0.25, -0.2) is 0 Å². The Labute approximate surface area is 95.5 Å². The van der Waals surface area contributed by atoms with E-state index in [0.717, 1.165) is 0 Å². The van der Waals surface area contributed by atoms with E-state index in [9.17, 15) is 9.59 Å². The Balaban J connectivity index is 2.80. The lowest BCUT2D eigenvalue weighted by Crippen LogP contribution is -2.15. The van der Waals surface area contributed by atoms with Gasteiger partial charge >= 0.3 is 5.97 Å². The first-order valence-corrected chi connectivity index (χ1v) is 5.16. The highest BCUT2D eigenvalue weighted by Gasteiger charge is 2.18. The minimum absolute atomic E-state index is 0.161. The predicted octanol–water partition coefficient (Wildman–Crippen LogP) is 2.14. The first kappa shape index (κ1) is 11.8. The van der Waals surface area contributed by atoms with Crippen molar-refractivity contribution in [3.63, 3.8) is 0 Å². The molecule has 1 rings (SSSR count). The van der Waals surface area contributed by atoms with Crippen LogP contribution < -0.4 is 0 Å². The first-order chi connectivity index (χ1) is 7.00. The SMILES string of the molecule is CC(CC(=O)O)C(=O)c1cncc(Br)c1. The molecule has 0 saturated heterocycles. The van der Waals surface area contributed by atoms with Crippen molar-refractivity contribution in [2.75, 3.05) is 0 Å². The van der Waals surface area contributed by atoms with E-state index >= 15 is 0 Å². The van der Waals surface area contributed by atoms with Crippen LogP contribution >= 0.6 is 15.9 Å². The predicted molar refractivity (Wildman–Crippen MR) is 57.7 cm³/mol. The quantitative estimate of drug-likeness (QED) is 0.852. The number of hydrogen-bond acceptors (Lipinski definition) is 3. The molecule has 1 atom stereocenters. The summed E-state index contributed by atoms with van der Waals surface area (Å²) in [5.74, 6) is -1.70. The molecule has 0 spiro atoms. The summed E-state index contributed by atoms with van der Waals surface area (Å²) in [7, 11) is 0. The second kappa shape index (κ2) is 5.02. The van der Waals surface area contributed by atoms with E-state index < -0.39 is 11.9 Å². The Morgan fingerprint density at radius 3 is 2.73 bits per heavy atom. The molecule has 1 heterocycles. The fraction of sp³-hybridized carbons (Fsp3) is 0.300. The van der Waals surface area contributed by atoms with Crippen molar-refractivity contribution in [1.82, 2.24) is 4.98 Å². The Kier molecular flexibility index (Phi) is 3.96. The molecule has 1 N–H and O–H groups in total. The maximum atomic E-state index is 11.7. The molecule has 0 aliphatic heterocycles. The van der Waals surface area contributed by atoms with Gasteiger partial charge in [0.15, 0.2) is 5.78 Å². The highest BCUT2D eigenvalue weighted by molar-refractivity contribution is 9.10. The summed E-state index contributed by atoms with van der Waals surface area (Å²) in [4.78, 5) is 26.0. The lowest BCUT2D eigenvalue weighted by atomic mass is 9.98. The zero-order valence-corrected chi connectivity index (χ0v) is 9.69. The summed E-state index contributed by atoms with van der Waals surface area (Å²) < 4.78 is 0.705. The number of rotatable bonds is 4. The van der Waals surface area contributed by atoms with Crippen molar-refractivity contribution < 1.29 is 14.7 Å². The molecule has 4 nitrogen and oxygen atoms in total. The van der Waals surface area contributed by atoms with E-state index in [2.05, 4.69) is 20.9 Å². The van der Waals surface area contributed by atoms with E-state index in [1.54, 1.807) is 19.2 Å². The first-order valence-electron chi connectivity index (χ1n) is 4.37. The van der Waals surface area contributed by atoms with Crippen LogP contribution in [0.4, 0.5) is 0 Å². The molecule has 1 aromatic heterocycles. The summed E-state index contributed by atoms with van der Waals surface area (Å²) >= 11 is 3.20. The van der Waals surface area contributed by atoms with Gasteiger partial charge in [0.1, 0.15) is 0 Å². The third kappa shape index (κ3) is 3.43. The van der Waals surface area contributed by atoms with Crippen LogP contribution in [0, 0.1) is 5.92 Å². The lowest BCUT2D eigenvalue weighted by molar-refractivity contribution is -0.137. The molecule has 5 heteroatoms. The Morgan fingerprint density at radius 1 is 1.53 bits per heavy atom. The van der Waals surface area contributed by atoms with Crippen molar-refractivity contribution >= 4 is 27.7 Å². The molecule has 15 heavy (non-hydrogen) atoms. The molecule has 0 aliphatic carbocycles. The number of halogens is 1. The number of pyridine rings is 1. The van der Waals surface area contributed by atoms with Crippen LogP contribution in [0.15, 0.2) is 22.9 Å². The molecule has 0 saturated carbocycles. The van der Waals surface area contributed by atoms with Crippen LogP contribution in [0.5, 0.6) is 0 Å². The molecule has 0 amide bonds. The van der Waals surface area contributed by atoms with Crippen LogP contribution in [0.1, 0.15) is 23.7 Å². The van der Waals surface area contributed by atoms with Gasteiger partial charge in [-0.15, -0.1) is 0 Å². The molecule has 0 bridgehead atoms. The fourth-order valence-corrected chi connectivity index (χ4v) is 1.55. The molecule has 80 valence electrons. The van der Waals surface area contributed by atoms with E-state index in [1.807, 2.05) is 0 Å². The second-order valence-electron chi connectivity index (χ2n) is 3.25. The van der Waals surface area contributed by atoms with Crippen LogP contribution in [0.2, 0.25) is 0 Å². The number of hydrogen-bond donors (Lipinski definition) is 1. The number of carboxylic acids is 1. The summed E-state index contributed by atoms with van der Waals surface area (Å²) in [6.07, 6.45) is 2.84. The number of ketones is 1. The van der Waals surface area contributed by atoms with Crippen molar-refractivity contribution in [3.8, 4) is 0 Å². The molecule has 1 unspecified atom stereocenters. The standard InChI is InChI=1S/C10H10BrNO3/c1-6(2-9(13)14)10(15)7-3-8(11)5-12-4-7/h3-6H,2H2,1H3,(H,13,14). The van der Waals surface area contributed by atoms with Crippen LogP contribution in [0.25, 0.3) is 0 Å². The second-order valence-corrected chi connectivity index (χ2v) is 4.17. The Morgan fingerprint density at radius 2 is 2.20 bits per heavy atom. The van der Waals surface area contributed by atoms with Crippen LogP contribution in [-0.4, -0.2) is 21.8 Å². The maximum Gasteiger partial charge on any atom is 0.304 e. The number of aromatic nitrogens is 1. The van der Waals surface area contributed by atoms with Crippen molar-refractivity contribution in [1.29, 1.82) is 0 Å². The number of Topliss-reactive ketones (excluding diaryl/α,β-unsaturated/α-hetero) is 1. The minimum atomic E-state index is -0.973. The summed E-state index contributed by atoms with van der Waals surface area (Å²) in [6, 6.07) is 1.63. The zero-order valence-electron chi connectivity index (χ0n) is 8.11. The zero-order chi connectivity index (χ0) is 11.4. The number of nitrogens with zero attached hydrogens (tertiary/aromatic N) is 1. The van der Waals surface area contributed by atoms with Gasteiger partial charge in [-0.2, -0.15) is 0 Å². The van der Waals surface area contributed by atoms with Gasteiger partial charge < -0.3 is 5.11 Å². The Hall–Kier alpha value is -1.23. The molecule has 0 aromatic carbocycles. The van der Waals surface area contributed by atoms with Gasteiger partial charge in [-0.3, -0.25) is 14.6 Å². The molecule has 0 radical (unpaired) electrons. The number of aliphatic carboxylic acids is 1. The highest BCUT2D eigenvalue weighted by Crippen LogP contribution is 2.15. The molecular formula is C10H10BrNO3. The third-order valence-electron chi connectivity index (χ3n) is 1.92. The van der Waals surface area contributed by atoms with Gasteiger partial charge in [0.2, 0.25) is 0 Å². The average Bonchev–Trinajstić information content (AvgIpc) is 2.15. The van der Waals surface area contributed by atoms with E-state index in [0.29, 0.717) is 10.0 Å². The topological polar surface area (TPSA) is 67.3 Å². The molecule has 0 aliphatic rings. The summed E-state index contributed by atoms with van der Waals surface area (Å²) in [5, 5.41) is 8.56. The lowest BCUT2D eigenvalue weighted by Gasteiger charge is -2.07. The van der Waals surface area contributed by atoms with Gasteiger partial charge in [-0.1, -0.05) is 6.92 Å². The van der Waals surface area contributed by atoms with E-state index in [1.165, 1.54) is 6.20 Å². The van der Waals surface area contributed by atoms with Crippen LogP contribution in [-0.2, 0) is 4.79 Å². The number of carbonyl (C=O) groups excluding carboxylic acids is 1. The number of carbonyl (C=O) groups is 2. The van der Waals surface area contributed by atoms with E-state index in [4.69, 9.17) is 5.11 Å². The van der Waals surface area contributed by atoms with Gasteiger partial charge in [0.05, 0.1) is 6.42 Å². The van der Waals surface area contributed by atoms with Gasteiger partial charge in [0, 0.05) is 28.3 Å². The normalized spacial score (nSPS) is 12.1. The highest BCUT2D eigenvalue weighted by atomic mass is 79.9. The van der Waals surface area contributed by atoms with Crippen molar-refractivity contribution in [2.45, 2.75) is 13.3 Å². The van der Waals surface area contributed by atoms with Crippen molar-refractivity contribution in [2.24, 2.45) is 5.92 Å². The third-order valence-corrected chi connectivity index (χ3v) is 2.35. The van der Waals surface area contributed by atoms with Crippen LogP contribution in [0.3, 0.4) is 0 Å². The fourth-order valence-electron chi connectivity index (χ4n) is 1.19. The largest absolute Gasteiger partial charge is 0.481 e. The summed E-state index contributed by atoms with van der Waals surface area (Å²) in [6.45, 7) is 1.59.